The van der Waals surface area contributed by atoms with Gasteiger partial charge in [-0.15, -0.1) is 0 Å². The van der Waals surface area contributed by atoms with Crippen LogP contribution in [0.5, 0.6) is 0 Å². The Bertz CT molecular complexity index is 760. The average Bonchev–Trinajstić information content (AvgIpc) is 2.64. The van der Waals surface area contributed by atoms with E-state index in [0.29, 0.717) is 5.30 Å². The molecule has 0 saturated carbocycles. The zero-order valence-corrected chi connectivity index (χ0v) is 17.7. The maximum Gasteiger partial charge on any atom is 0.361 e. The summed E-state index contributed by atoms with van der Waals surface area (Å²) in [5, 5.41) is 0.407. The fourth-order valence-corrected chi connectivity index (χ4v) is 3.88. The molecule has 0 unspecified atom stereocenters. The lowest BCUT2D eigenvalue weighted by Crippen LogP contribution is -2.19. The van der Waals surface area contributed by atoms with Gasteiger partial charge in [0.1, 0.15) is 13.2 Å². The number of carbonyl (C=O) groups excluding carboxylic acids is 2. The standard InChI is InChI=1S/C20H27O7P/c1-14(2)19(21)24-10-12-26-28(23,18-9-7-8-16(5)17(18)6)27-13-11-25-20(22)15(3)4/h7-9H,1,3,10-13H2,2,4-6H3. The van der Waals surface area contributed by atoms with E-state index in [1.807, 2.05) is 19.9 Å². The zero-order valence-electron chi connectivity index (χ0n) is 16.8. The summed E-state index contributed by atoms with van der Waals surface area (Å²) in [4.78, 5) is 22.9. The highest BCUT2D eigenvalue weighted by Crippen LogP contribution is 2.48. The van der Waals surface area contributed by atoms with Crippen molar-refractivity contribution >= 4 is 24.8 Å². The molecule has 0 amide bonds. The van der Waals surface area contributed by atoms with Crippen LogP contribution in [-0.2, 0) is 32.7 Å². The Morgan fingerprint density at radius 2 is 1.36 bits per heavy atom. The van der Waals surface area contributed by atoms with E-state index < -0.39 is 19.5 Å². The van der Waals surface area contributed by atoms with Crippen LogP contribution in [0.15, 0.2) is 42.5 Å². The molecule has 0 aromatic heterocycles. The second kappa shape index (κ2) is 11.0. The number of hydrogen-bond donors (Lipinski definition) is 0. The summed E-state index contributed by atoms with van der Waals surface area (Å²) in [6.07, 6.45) is 0. The van der Waals surface area contributed by atoms with Crippen molar-refractivity contribution in [2.75, 3.05) is 26.4 Å². The minimum absolute atomic E-state index is 0.103. The Kier molecular flexibility index (Phi) is 9.32. The van der Waals surface area contributed by atoms with Crippen LogP contribution in [-0.4, -0.2) is 38.4 Å². The summed E-state index contributed by atoms with van der Waals surface area (Å²) < 4.78 is 34.3. The molecule has 0 aliphatic heterocycles. The number of aryl methyl sites for hydroxylation is 1. The molecule has 8 heteroatoms. The van der Waals surface area contributed by atoms with Crippen LogP contribution in [0.4, 0.5) is 0 Å². The molecule has 0 bridgehead atoms. The molecule has 0 saturated heterocycles. The fraction of sp³-hybridized carbons (Fsp3) is 0.400. The van der Waals surface area contributed by atoms with E-state index in [-0.39, 0.29) is 37.6 Å². The lowest BCUT2D eigenvalue weighted by atomic mass is 10.1. The monoisotopic (exact) mass is 410 g/mol. The van der Waals surface area contributed by atoms with Gasteiger partial charge in [-0.2, -0.15) is 0 Å². The predicted molar refractivity (Wildman–Crippen MR) is 107 cm³/mol. The van der Waals surface area contributed by atoms with Gasteiger partial charge in [-0.3, -0.25) is 4.57 Å². The van der Waals surface area contributed by atoms with Crippen LogP contribution >= 0.6 is 7.60 Å². The van der Waals surface area contributed by atoms with Gasteiger partial charge in [0, 0.05) is 11.1 Å². The molecule has 0 atom stereocenters. The first-order valence-electron chi connectivity index (χ1n) is 8.69. The summed E-state index contributed by atoms with van der Waals surface area (Å²) in [5.74, 6) is -1.12. The SMILES string of the molecule is C=C(C)C(=O)OCCOP(=O)(OCCOC(=O)C(=C)C)c1cccc(C)c1C. The minimum atomic E-state index is -3.73. The lowest BCUT2D eigenvalue weighted by molar-refractivity contribution is -0.140. The van der Waals surface area contributed by atoms with Crippen molar-refractivity contribution in [3.05, 3.63) is 53.6 Å². The molecule has 0 heterocycles. The first-order chi connectivity index (χ1) is 13.1. The van der Waals surface area contributed by atoms with Crippen molar-refractivity contribution < 1.29 is 32.7 Å². The van der Waals surface area contributed by atoms with Crippen molar-refractivity contribution in [2.24, 2.45) is 0 Å². The second-order valence-electron chi connectivity index (χ2n) is 6.22. The molecule has 1 rings (SSSR count). The van der Waals surface area contributed by atoms with Crippen molar-refractivity contribution in [1.82, 2.24) is 0 Å². The molecular formula is C20H27O7P. The third-order valence-electron chi connectivity index (χ3n) is 3.72. The molecule has 154 valence electrons. The first-order valence-corrected chi connectivity index (χ1v) is 10.2. The smallest absolute Gasteiger partial charge is 0.361 e. The van der Waals surface area contributed by atoms with Gasteiger partial charge < -0.3 is 18.5 Å². The molecule has 0 aliphatic rings. The molecule has 1 aromatic carbocycles. The van der Waals surface area contributed by atoms with Crippen molar-refractivity contribution in [3.8, 4) is 0 Å². The molecule has 0 spiro atoms. The third kappa shape index (κ3) is 7.08. The van der Waals surface area contributed by atoms with Crippen LogP contribution in [0, 0.1) is 13.8 Å². The van der Waals surface area contributed by atoms with Crippen LogP contribution in [0.2, 0.25) is 0 Å². The van der Waals surface area contributed by atoms with E-state index in [0.717, 1.165) is 11.1 Å². The predicted octanol–water partition coefficient (Wildman–Crippen LogP) is 3.39. The normalized spacial score (nSPS) is 11.0. The van der Waals surface area contributed by atoms with Crippen LogP contribution in [0.3, 0.4) is 0 Å². The van der Waals surface area contributed by atoms with Crippen LogP contribution in [0.1, 0.15) is 25.0 Å². The highest BCUT2D eigenvalue weighted by molar-refractivity contribution is 7.62. The van der Waals surface area contributed by atoms with E-state index in [2.05, 4.69) is 13.2 Å². The van der Waals surface area contributed by atoms with Gasteiger partial charge in [-0.25, -0.2) is 9.59 Å². The number of rotatable bonds is 11. The summed E-state index contributed by atoms with van der Waals surface area (Å²) in [6.45, 7) is 13.3. The second-order valence-corrected chi connectivity index (χ2v) is 8.21. The topological polar surface area (TPSA) is 88.1 Å². The summed E-state index contributed by atoms with van der Waals surface area (Å²) in [6, 6.07) is 5.29. The fourth-order valence-electron chi connectivity index (χ4n) is 2.04. The number of benzene rings is 1. The number of ether oxygens (including phenoxy) is 2. The molecule has 0 fully saturated rings. The van der Waals surface area contributed by atoms with Crippen LogP contribution < -0.4 is 5.30 Å². The minimum Gasteiger partial charge on any atom is -0.460 e. The van der Waals surface area contributed by atoms with Gasteiger partial charge in [0.15, 0.2) is 0 Å². The molecule has 1 aromatic rings. The number of hydrogen-bond acceptors (Lipinski definition) is 7. The third-order valence-corrected chi connectivity index (χ3v) is 5.84. The van der Waals surface area contributed by atoms with Gasteiger partial charge in [-0.1, -0.05) is 25.3 Å². The van der Waals surface area contributed by atoms with Gasteiger partial charge in [0.25, 0.3) is 0 Å². The Morgan fingerprint density at radius 3 is 1.79 bits per heavy atom. The largest absolute Gasteiger partial charge is 0.460 e. The Labute approximate surface area is 165 Å². The Balaban J connectivity index is 2.82. The van der Waals surface area contributed by atoms with Gasteiger partial charge >= 0.3 is 19.5 Å². The van der Waals surface area contributed by atoms with Gasteiger partial charge in [0.2, 0.25) is 0 Å². The van der Waals surface area contributed by atoms with E-state index in [4.69, 9.17) is 18.5 Å². The quantitative estimate of drug-likeness (QED) is 0.239. The molecule has 0 N–H and O–H groups in total. The molecule has 0 radical (unpaired) electrons. The van der Waals surface area contributed by atoms with Crippen molar-refractivity contribution in [2.45, 2.75) is 27.7 Å². The van der Waals surface area contributed by atoms with Crippen molar-refractivity contribution in [1.29, 1.82) is 0 Å². The van der Waals surface area contributed by atoms with Gasteiger partial charge in [0.05, 0.1) is 18.5 Å². The Hall–Kier alpha value is -2.21. The maximum absolute atomic E-state index is 13.4. The summed E-state index contributed by atoms with van der Waals surface area (Å²) in [7, 11) is -3.73. The van der Waals surface area contributed by atoms with Crippen LogP contribution in [0.25, 0.3) is 0 Å². The zero-order chi connectivity index (χ0) is 21.3. The molecule has 7 nitrogen and oxygen atoms in total. The van der Waals surface area contributed by atoms with E-state index in [1.165, 1.54) is 13.8 Å². The lowest BCUT2D eigenvalue weighted by Gasteiger charge is -2.21. The molecular weight excluding hydrogens is 383 g/mol. The van der Waals surface area contributed by atoms with E-state index in [9.17, 15) is 14.2 Å². The summed E-state index contributed by atoms with van der Waals surface area (Å²) >= 11 is 0. The van der Waals surface area contributed by atoms with Crippen molar-refractivity contribution in [3.63, 3.8) is 0 Å². The number of carbonyl (C=O) groups is 2. The number of esters is 2. The highest BCUT2D eigenvalue weighted by atomic mass is 31.2. The Morgan fingerprint density at radius 1 is 0.893 bits per heavy atom. The first kappa shape index (κ1) is 23.8. The molecule has 0 aliphatic carbocycles. The highest BCUT2D eigenvalue weighted by Gasteiger charge is 2.30. The summed E-state index contributed by atoms with van der Waals surface area (Å²) in [5.41, 5.74) is 2.21. The maximum atomic E-state index is 13.4. The van der Waals surface area contributed by atoms with Gasteiger partial charge in [-0.05, 0) is 44.9 Å². The van der Waals surface area contributed by atoms with E-state index in [1.54, 1.807) is 12.1 Å². The molecule has 28 heavy (non-hydrogen) atoms. The van der Waals surface area contributed by atoms with E-state index >= 15 is 0 Å². The average molecular weight is 410 g/mol.